The van der Waals surface area contributed by atoms with Crippen LogP contribution in [0.25, 0.3) is 11.3 Å². The maximum absolute atomic E-state index is 13.2. The molecule has 2 amide bonds. The van der Waals surface area contributed by atoms with Crippen molar-refractivity contribution in [1.29, 1.82) is 0 Å². The summed E-state index contributed by atoms with van der Waals surface area (Å²) in [5.74, 6) is 0.837. The highest BCUT2D eigenvalue weighted by molar-refractivity contribution is 6.37. The smallest absolute Gasteiger partial charge is 0.258 e. The third-order valence-electron chi connectivity index (χ3n) is 6.18. The summed E-state index contributed by atoms with van der Waals surface area (Å²) in [5.41, 5.74) is 4.99. The molecule has 0 aromatic heterocycles. The van der Waals surface area contributed by atoms with E-state index in [1.807, 2.05) is 79.7 Å². The van der Waals surface area contributed by atoms with Crippen LogP contribution in [0.3, 0.4) is 0 Å². The highest BCUT2D eigenvalue weighted by atomic mass is 16.5. The molecule has 8 nitrogen and oxygen atoms in total. The number of fused-ring (bicyclic) bond motifs is 1. The van der Waals surface area contributed by atoms with Crippen LogP contribution in [0.2, 0.25) is 0 Å². The minimum atomic E-state index is -0.222. The summed E-state index contributed by atoms with van der Waals surface area (Å²) in [7, 11) is 7.09. The van der Waals surface area contributed by atoms with Crippen LogP contribution in [0.15, 0.2) is 66.7 Å². The van der Waals surface area contributed by atoms with Gasteiger partial charge in [-0.1, -0.05) is 30.3 Å². The van der Waals surface area contributed by atoms with E-state index in [0.717, 1.165) is 29.0 Å². The number of hydrogen-bond acceptors (Lipinski definition) is 6. The van der Waals surface area contributed by atoms with E-state index >= 15 is 0 Å². The van der Waals surface area contributed by atoms with Gasteiger partial charge in [-0.3, -0.25) is 9.59 Å². The van der Waals surface area contributed by atoms with Gasteiger partial charge in [-0.25, -0.2) is 0 Å². The molecule has 0 radical (unpaired) electrons. The minimum Gasteiger partial charge on any atom is -0.493 e. The molecule has 0 bridgehead atoms. The number of nitrogens with zero attached hydrogens (tertiary/aromatic N) is 2. The minimum absolute atomic E-state index is 0.0155. The summed E-state index contributed by atoms with van der Waals surface area (Å²) in [6.45, 7) is 2.92. The Balaban J connectivity index is 1.75. The SMILES string of the molecule is COc1cc2c(cc1OC)/C(=C(/Nc1ccc(N(CCN(C)C)C(C)=O)cc1)c1ccccc1)C(=O)N2. The van der Waals surface area contributed by atoms with Crippen molar-refractivity contribution in [3.8, 4) is 11.5 Å². The molecule has 0 saturated heterocycles. The lowest BCUT2D eigenvalue weighted by Gasteiger charge is -2.23. The van der Waals surface area contributed by atoms with Crippen molar-refractivity contribution in [3.05, 3.63) is 77.9 Å². The predicted octanol–water partition coefficient (Wildman–Crippen LogP) is 4.55. The number of ether oxygens (including phenoxy) is 2. The summed E-state index contributed by atoms with van der Waals surface area (Å²) in [6, 6.07) is 20.9. The van der Waals surface area contributed by atoms with Crippen molar-refractivity contribution in [2.45, 2.75) is 6.92 Å². The van der Waals surface area contributed by atoms with Gasteiger partial charge in [0, 0.05) is 43.0 Å². The Kier molecular flexibility index (Phi) is 7.79. The highest BCUT2D eigenvalue weighted by Gasteiger charge is 2.30. The maximum atomic E-state index is 13.2. The van der Waals surface area contributed by atoms with Crippen LogP contribution in [0.4, 0.5) is 17.1 Å². The molecule has 192 valence electrons. The van der Waals surface area contributed by atoms with E-state index in [2.05, 4.69) is 10.6 Å². The van der Waals surface area contributed by atoms with Crippen molar-refractivity contribution >= 4 is 40.1 Å². The molecule has 1 aliphatic rings. The number of likely N-dealkylation sites (N-methyl/N-ethyl adjacent to an activating group) is 1. The van der Waals surface area contributed by atoms with Gasteiger partial charge >= 0.3 is 0 Å². The summed E-state index contributed by atoms with van der Waals surface area (Å²) in [6.07, 6.45) is 0. The number of methoxy groups -OCH3 is 2. The molecule has 0 saturated carbocycles. The molecular weight excluding hydrogens is 468 g/mol. The standard InChI is InChI=1S/C29H32N4O4/c1-19(34)33(16-15-32(2)3)22-13-11-21(12-14-22)30-28(20-9-7-6-8-10-20)27-23-17-25(36-4)26(37-5)18-24(23)31-29(27)35/h6-14,17-18,30H,15-16H2,1-5H3,(H,31,35)/b28-27-. The molecule has 37 heavy (non-hydrogen) atoms. The van der Waals surface area contributed by atoms with Gasteiger partial charge < -0.3 is 29.9 Å². The fourth-order valence-electron chi connectivity index (χ4n) is 4.27. The second kappa shape index (κ2) is 11.2. The van der Waals surface area contributed by atoms with Gasteiger partial charge in [0.25, 0.3) is 5.91 Å². The van der Waals surface area contributed by atoms with Crippen LogP contribution in [-0.4, -0.2) is 58.1 Å². The molecule has 3 aromatic rings. The first-order chi connectivity index (χ1) is 17.8. The maximum Gasteiger partial charge on any atom is 0.258 e. The number of anilines is 3. The molecule has 0 unspecified atom stereocenters. The van der Waals surface area contributed by atoms with E-state index in [4.69, 9.17) is 9.47 Å². The summed E-state index contributed by atoms with van der Waals surface area (Å²) < 4.78 is 10.9. The van der Waals surface area contributed by atoms with E-state index in [0.29, 0.717) is 35.0 Å². The quantitative estimate of drug-likeness (QED) is 0.420. The van der Waals surface area contributed by atoms with Crippen molar-refractivity contribution in [2.75, 3.05) is 56.9 Å². The Morgan fingerprint density at radius 3 is 2.16 bits per heavy atom. The van der Waals surface area contributed by atoms with Gasteiger partial charge in [0.05, 0.1) is 31.2 Å². The number of hydrogen-bond donors (Lipinski definition) is 2. The molecule has 0 fully saturated rings. The number of nitrogens with one attached hydrogen (secondary N) is 2. The van der Waals surface area contributed by atoms with E-state index < -0.39 is 0 Å². The number of rotatable bonds is 9. The Bertz CT molecular complexity index is 1320. The fourth-order valence-corrected chi connectivity index (χ4v) is 4.27. The summed E-state index contributed by atoms with van der Waals surface area (Å²) >= 11 is 0. The number of carbonyl (C=O) groups excluding carboxylic acids is 2. The van der Waals surface area contributed by atoms with Crippen LogP contribution >= 0.6 is 0 Å². The average molecular weight is 501 g/mol. The van der Waals surface area contributed by atoms with Gasteiger partial charge in [-0.2, -0.15) is 0 Å². The van der Waals surface area contributed by atoms with Gasteiger partial charge in [0.2, 0.25) is 5.91 Å². The molecule has 4 rings (SSSR count). The zero-order valence-electron chi connectivity index (χ0n) is 21.8. The molecule has 8 heteroatoms. The van der Waals surface area contributed by atoms with E-state index in [1.165, 1.54) is 0 Å². The molecular formula is C29H32N4O4. The first kappa shape index (κ1) is 25.8. The molecule has 3 aromatic carbocycles. The van der Waals surface area contributed by atoms with Gasteiger partial charge in [0.1, 0.15) is 0 Å². The van der Waals surface area contributed by atoms with Crippen molar-refractivity contribution < 1.29 is 19.1 Å². The first-order valence-corrected chi connectivity index (χ1v) is 12.0. The zero-order chi connectivity index (χ0) is 26.5. The van der Waals surface area contributed by atoms with Crippen LogP contribution in [-0.2, 0) is 9.59 Å². The van der Waals surface area contributed by atoms with Gasteiger partial charge in [-0.05, 0) is 50.0 Å². The molecule has 0 atom stereocenters. The Hall–Kier alpha value is -4.30. The Labute approximate surface area is 217 Å². The lowest BCUT2D eigenvalue weighted by Crippen LogP contribution is -2.35. The van der Waals surface area contributed by atoms with Crippen LogP contribution < -0.4 is 25.0 Å². The van der Waals surface area contributed by atoms with E-state index in [9.17, 15) is 9.59 Å². The van der Waals surface area contributed by atoms with Crippen LogP contribution in [0.1, 0.15) is 18.1 Å². The Morgan fingerprint density at radius 2 is 1.57 bits per heavy atom. The van der Waals surface area contributed by atoms with Gasteiger partial charge in [0.15, 0.2) is 11.5 Å². The monoisotopic (exact) mass is 500 g/mol. The Morgan fingerprint density at radius 1 is 0.919 bits per heavy atom. The normalized spacial score (nSPS) is 13.6. The topological polar surface area (TPSA) is 83.1 Å². The summed E-state index contributed by atoms with van der Waals surface area (Å²) in [5, 5.41) is 6.40. The molecule has 1 aliphatic heterocycles. The largest absolute Gasteiger partial charge is 0.493 e. The van der Waals surface area contributed by atoms with Crippen LogP contribution in [0, 0.1) is 0 Å². The third kappa shape index (κ3) is 5.59. The van der Waals surface area contributed by atoms with Crippen molar-refractivity contribution in [3.63, 3.8) is 0 Å². The van der Waals surface area contributed by atoms with E-state index in [1.54, 1.807) is 32.1 Å². The third-order valence-corrected chi connectivity index (χ3v) is 6.18. The van der Waals surface area contributed by atoms with Crippen molar-refractivity contribution in [2.24, 2.45) is 0 Å². The highest BCUT2D eigenvalue weighted by Crippen LogP contribution is 2.43. The number of benzene rings is 3. The van der Waals surface area contributed by atoms with Gasteiger partial charge in [-0.15, -0.1) is 0 Å². The number of carbonyl (C=O) groups is 2. The summed E-state index contributed by atoms with van der Waals surface area (Å²) in [4.78, 5) is 29.3. The van der Waals surface area contributed by atoms with Crippen molar-refractivity contribution in [1.82, 2.24) is 4.90 Å². The van der Waals surface area contributed by atoms with E-state index in [-0.39, 0.29) is 11.8 Å². The zero-order valence-corrected chi connectivity index (χ0v) is 21.8. The molecule has 1 heterocycles. The predicted molar refractivity (Wildman–Crippen MR) is 148 cm³/mol. The van der Waals surface area contributed by atoms with Crippen LogP contribution in [0.5, 0.6) is 11.5 Å². The fraction of sp³-hybridized carbons (Fsp3) is 0.241. The average Bonchev–Trinajstić information content (AvgIpc) is 3.21. The molecule has 0 aliphatic carbocycles. The lowest BCUT2D eigenvalue weighted by molar-refractivity contribution is -0.116. The second-order valence-corrected chi connectivity index (χ2v) is 8.97. The second-order valence-electron chi connectivity index (χ2n) is 8.97. The number of amides is 2. The molecule has 2 N–H and O–H groups in total. The first-order valence-electron chi connectivity index (χ1n) is 12.0. The molecule has 0 spiro atoms. The lowest BCUT2D eigenvalue weighted by atomic mass is 9.99.